The summed E-state index contributed by atoms with van der Waals surface area (Å²) in [4.78, 5) is 14.3. The molecule has 1 fully saturated rings. The van der Waals surface area contributed by atoms with E-state index in [0.29, 0.717) is 31.9 Å². The first-order chi connectivity index (χ1) is 11.2. The van der Waals surface area contributed by atoms with Gasteiger partial charge in [-0.25, -0.2) is 4.39 Å². The molecule has 0 radical (unpaired) electrons. The van der Waals surface area contributed by atoms with E-state index in [0.717, 1.165) is 0 Å². The minimum atomic E-state index is -0.919. The summed E-state index contributed by atoms with van der Waals surface area (Å²) in [6.45, 7) is 7.21. The molecule has 2 N–H and O–H groups in total. The zero-order valence-electron chi connectivity index (χ0n) is 15.3. The van der Waals surface area contributed by atoms with Gasteiger partial charge in [0.05, 0.1) is 12.6 Å². The van der Waals surface area contributed by atoms with Crippen LogP contribution in [0.15, 0.2) is 24.3 Å². The lowest BCUT2D eigenvalue weighted by Gasteiger charge is -2.58. The lowest BCUT2D eigenvalue weighted by atomic mass is 9.54. The lowest BCUT2D eigenvalue weighted by Crippen LogP contribution is -2.75. The van der Waals surface area contributed by atoms with Gasteiger partial charge < -0.3 is 20.1 Å². The molecule has 1 aromatic carbocycles. The van der Waals surface area contributed by atoms with Crippen LogP contribution in [0.25, 0.3) is 0 Å². The first-order valence-electron chi connectivity index (χ1n) is 8.26. The van der Waals surface area contributed by atoms with Crippen LogP contribution < -0.4 is 10.5 Å². The number of amides is 1. The van der Waals surface area contributed by atoms with Crippen LogP contribution in [0.4, 0.5) is 4.39 Å². The third-order valence-electron chi connectivity index (χ3n) is 5.07. The van der Waals surface area contributed by atoms with E-state index in [9.17, 15) is 9.18 Å². The van der Waals surface area contributed by atoms with Crippen molar-refractivity contribution in [1.29, 1.82) is 0 Å². The topological polar surface area (TPSA) is 64.8 Å². The molecule has 5 nitrogen and oxygen atoms in total. The summed E-state index contributed by atoms with van der Waals surface area (Å²) in [5.41, 5.74) is 5.06. The Bertz CT molecular complexity index is 582. The molecule has 142 valence electrons. The quantitative estimate of drug-likeness (QED) is 0.796. The van der Waals surface area contributed by atoms with Crippen molar-refractivity contribution in [1.82, 2.24) is 4.90 Å². The number of hydrogen-bond donors (Lipinski definition) is 1. The van der Waals surface area contributed by atoms with Crippen LogP contribution in [-0.2, 0) is 9.53 Å². The summed E-state index contributed by atoms with van der Waals surface area (Å²) >= 11 is 0. The van der Waals surface area contributed by atoms with Crippen molar-refractivity contribution in [2.45, 2.75) is 38.8 Å². The van der Waals surface area contributed by atoms with Crippen LogP contribution in [0, 0.1) is 11.2 Å². The molecule has 0 saturated heterocycles. The Morgan fingerprint density at radius 3 is 2.48 bits per heavy atom. The number of ether oxygens (including phenoxy) is 2. The van der Waals surface area contributed by atoms with Crippen molar-refractivity contribution in [3.63, 3.8) is 0 Å². The molecule has 2 unspecified atom stereocenters. The van der Waals surface area contributed by atoms with E-state index in [1.54, 1.807) is 24.1 Å². The van der Waals surface area contributed by atoms with Gasteiger partial charge in [0.25, 0.3) is 0 Å². The zero-order valence-corrected chi connectivity index (χ0v) is 16.1. The maximum Gasteiger partial charge on any atom is 0.243 e. The van der Waals surface area contributed by atoms with Crippen molar-refractivity contribution >= 4 is 18.3 Å². The molecule has 2 rings (SSSR count). The lowest BCUT2D eigenvalue weighted by molar-refractivity contribution is -0.178. The number of rotatable bonds is 7. The van der Waals surface area contributed by atoms with Crippen molar-refractivity contribution in [2.75, 3.05) is 26.8 Å². The fourth-order valence-electron chi connectivity index (χ4n) is 3.07. The van der Waals surface area contributed by atoms with Crippen molar-refractivity contribution in [3.8, 4) is 5.75 Å². The second-order valence-corrected chi connectivity index (χ2v) is 6.87. The van der Waals surface area contributed by atoms with E-state index >= 15 is 0 Å². The Balaban J connectivity index is 0.00000312. The zero-order chi connectivity index (χ0) is 18.0. The van der Waals surface area contributed by atoms with Gasteiger partial charge in [0.1, 0.15) is 23.7 Å². The second kappa shape index (κ2) is 8.34. The van der Waals surface area contributed by atoms with Crippen molar-refractivity contribution < 1.29 is 18.7 Å². The molecule has 0 heterocycles. The molecule has 1 aromatic rings. The maximum absolute atomic E-state index is 12.8. The Labute approximate surface area is 155 Å². The molecular formula is C18H28ClFN2O3. The molecule has 0 aliphatic heterocycles. The molecule has 25 heavy (non-hydrogen) atoms. The highest BCUT2D eigenvalue weighted by molar-refractivity contribution is 5.88. The van der Waals surface area contributed by atoms with Gasteiger partial charge in [-0.2, -0.15) is 0 Å². The summed E-state index contributed by atoms with van der Waals surface area (Å²) in [5, 5.41) is 0. The van der Waals surface area contributed by atoms with E-state index in [2.05, 4.69) is 0 Å². The molecular weight excluding hydrogens is 347 g/mol. The monoisotopic (exact) mass is 374 g/mol. The van der Waals surface area contributed by atoms with E-state index in [-0.39, 0.29) is 30.2 Å². The number of nitrogens with zero attached hydrogens (tertiary/aromatic N) is 1. The minimum Gasteiger partial charge on any atom is -0.492 e. The molecule has 2 atom stereocenters. The number of halogens is 2. The van der Waals surface area contributed by atoms with E-state index < -0.39 is 11.0 Å². The Morgan fingerprint density at radius 2 is 1.96 bits per heavy atom. The van der Waals surface area contributed by atoms with Crippen LogP contribution in [0.3, 0.4) is 0 Å². The molecule has 1 aliphatic carbocycles. The molecule has 0 bridgehead atoms. The first kappa shape index (κ1) is 21.7. The first-order valence-corrected chi connectivity index (χ1v) is 8.26. The number of carbonyl (C=O) groups is 1. The molecule has 1 aliphatic rings. The number of likely N-dealkylation sites (N-methyl/N-ethyl adjacent to an activating group) is 1. The molecule has 7 heteroatoms. The van der Waals surface area contributed by atoms with Gasteiger partial charge >= 0.3 is 0 Å². The molecule has 1 amide bonds. The minimum absolute atomic E-state index is 0. The van der Waals surface area contributed by atoms with Gasteiger partial charge in [-0.15, -0.1) is 12.4 Å². The third kappa shape index (κ3) is 4.25. The number of carbonyl (C=O) groups excluding carboxylic acids is 1. The fourth-order valence-corrected chi connectivity index (χ4v) is 3.07. The van der Waals surface area contributed by atoms with Gasteiger partial charge in [0, 0.05) is 25.5 Å². The van der Waals surface area contributed by atoms with Gasteiger partial charge in [-0.1, -0.05) is 13.8 Å². The normalized spacial score (nSPS) is 24.0. The molecule has 1 saturated carbocycles. The van der Waals surface area contributed by atoms with Gasteiger partial charge in [-0.3, -0.25) is 4.79 Å². The number of benzene rings is 1. The Morgan fingerprint density at radius 1 is 1.36 bits per heavy atom. The van der Waals surface area contributed by atoms with Crippen LogP contribution >= 0.6 is 12.4 Å². The van der Waals surface area contributed by atoms with Crippen molar-refractivity contribution in [2.24, 2.45) is 11.1 Å². The molecule has 0 aromatic heterocycles. The van der Waals surface area contributed by atoms with Gasteiger partial charge in [0.2, 0.25) is 5.91 Å². The predicted octanol–water partition coefficient (Wildman–Crippen LogP) is 2.62. The average molecular weight is 375 g/mol. The van der Waals surface area contributed by atoms with E-state index in [4.69, 9.17) is 15.2 Å². The van der Waals surface area contributed by atoms with Crippen molar-refractivity contribution in [3.05, 3.63) is 30.1 Å². The second-order valence-electron chi connectivity index (χ2n) is 6.87. The Hall–Kier alpha value is -1.37. The largest absolute Gasteiger partial charge is 0.492 e. The number of nitrogens with two attached hydrogens (primary N) is 1. The highest BCUT2D eigenvalue weighted by atomic mass is 35.5. The smallest absolute Gasteiger partial charge is 0.243 e. The third-order valence-corrected chi connectivity index (χ3v) is 5.07. The van der Waals surface area contributed by atoms with E-state index in [1.165, 1.54) is 12.1 Å². The van der Waals surface area contributed by atoms with E-state index in [1.807, 2.05) is 20.8 Å². The number of hydrogen-bond acceptors (Lipinski definition) is 4. The van der Waals surface area contributed by atoms with Crippen LogP contribution in [0.1, 0.15) is 27.2 Å². The maximum atomic E-state index is 12.8. The van der Waals surface area contributed by atoms with Crippen LogP contribution in [0.5, 0.6) is 5.75 Å². The summed E-state index contributed by atoms with van der Waals surface area (Å²) in [7, 11) is 1.72. The van der Waals surface area contributed by atoms with Gasteiger partial charge in [-0.05, 0) is 31.2 Å². The SMILES string of the molecule is CCOC1CC(N)(C(=O)N(C)CCOc2ccc(F)cc2)C1(C)C.Cl. The highest BCUT2D eigenvalue weighted by Gasteiger charge is 2.63. The summed E-state index contributed by atoms with van der Waals surface area (Å²) in [6, 6.07) is 5.79. The highest BCUT2D eigenvalue weighted by Crippen LogP contribution is 2.50. The fraction of sp³-hybridized carbons (Fsp3) is 0.611. The van der Waals surface area contributed by atoms with Gasteiger partial charge in [0.15, 0.2) is 0 Å². The van der Waals surface area contributed by atoms with Crippen LogP contribution in [0.2, 0.25) is 0 Å². The average Bonchev–Trinajstić information content (AvgIpc) is 2.55. The molecule has 0 spiro atoms. The summed E-state index contributed by atoms with van der Waals surface area (Å²) in [6.07, 6.45) is 0.524. The predicted molar refractivity (Wildman–Crippen MR) is 97.5 cm³/mol. The summed E-state index contributed by atoms with van der Waals surface area (Å²) < 4.78 is 24.0. The van der Waals surface area contributed by atoms with Crippen LogP contribution in [-0.4, -0.2) is 49.3 Å². The summed E-state index contributed by atoms with van der Waals surface area (Å²) in [5.74, 6) is 0.155. The standard InChI is InChI=1S/C18H27FN2O3.ClH/c1-5-23-15-12-18(20,17(15,2)3)16(22)21(4)10-11-24-14-8-6-13(19)7-9-14;/h6-9,15H,5,10-12,20H2,1-4H3;1H. The Kier molecular flexibility index (Phi) is 7.23.